The molecule has 4 nitrogen and oxygen atoms in total. The Hall–Kier alpha value is -2.05. The molecule has 7 heteroatoms. The van der Waals surface area contributed by atoms with Gasteiger partial charge in [-0.05, 0) is 12.8 Å². The molecule has 0 atom stereocenters. The lowest BCUT2D eigenvalue weighted by molar-refractivity contribution is 0.508. The van der Waals surface area contributed by atoms with E-state index in [9.17, 15) is 13.2 Å². The predicted molar refractivity (Wildman–Crippen MR) is 60.5 cm³/mol. The van der Waals surface area contributed by atoms with Gasteiger partial charge >= 0.3 is 0 Å². The smallest absolute Gasteiger partial charge is 0.185 e. The summed E-state index contributed by atoms with van der Waals surface area (Å²) < 4.78 is 41.7. The number of nitrogens with zero attached hydrogens (tertiary/aromatic N) is 2. The average Bonchev–Trinajstić information content (AvgIpc) is 3.15. The zero-order valence-corrected chi connectivity index (χ0v) is 9.17. The van der Waals surface area contributed by atoms with Gasteiger partial charge in [-0.1, -0.05) is 0 Å². The Kier molecular flexibility index (Phi) is 2.29. The molecule has 0 saturated heterocycles. The largest absolute Gasteiger partial charge is 0.383 e. The molecule has 0 amide bonds. The van der Waals surface area contributed by atoms with Crippen molar-refractivity contribution >= 4 is 22.4 Å². The van der Waals surface area contributed by atoms with Crippen molar-refractivity contribution in [1.82, 2.24) is 9.97 Å². The summed E-state index contributed by atoms with van der Waals surface area (Å²) in [7, 11) is 0. The zero-order chi connectivity index (χ0) is 12.9. The number of hydrogen-bond acceptors (Lipinski definition) is 4. The molecule has 94 valence electrons. The summed E-state index contributed by atoms with van der Waals surface area (Å²) in [6, 6.07) is -0.00923. The number of nitrogen functional groups attached to an aromatic ring is 1. The fourth-order valence-corrected chi connectivity index (χ4v) is 1.77. The minimum atomic E-state index is -1.28. The van der Waals surface area contributed by atoms with Crippen LogP contribution in [0.2, 0.25) is 0 Å². The molecule has 0 unspecified atom stereocenters. The Labute approximate surface area is 100 Å². The van der Waals surface area contributed by atoms with E-state index in [1.807, 2.05) is 0 Å². The van der Waals surface area contributed by atoms with Gasteiger partial charge in [-0.25, -0.2) is 23.1 Å². The monoisotopic (exact) mass is 254 g/mol. The Morgan fingerprint density at radius 3 is 2.50 bits per heavy atom. The minimum Gasteiger partial charge on any atom is -0.383 e. The van der Waals surface area contributed by atoms with Crippen molar-refractivity contribution in [1.29, 1.82) is 0 Å². The summed E-state index contributed by atoms with van der Waals surface area (Å²) in [4.78, 5) is 7.15. The van der Waals surface area contributed by atoms with Gasteiger partial charge in [0.25, 0.3) is 0 Å². The maximum Gasteiger partial charge on any atom is 0.185 e. The van der Waals surface area contributed by atoms with Gasteiger partial charge in [-0.2, -0.15) is 0 Å². The number of halogens is 3. The van der Waals surface area contributed by atoms with E-state index in [1.54, 1.807) is 0 Å². The number of nitrogens with one attached hydrogen (secondary N) is 1. The second-order valence-corrected chi connectivity index (χ2v) is 4.22. The molecule has 1 heterocycles. The molecule has 3 N–H and O–H groups in total. The summed E-state index contributed by atoms with van der Waals surface area (Å²) >= 11 is 0. The highest BCUT2D eigenvalue weighted by atomic mass is 19.2. The highest BCUT2D eigenvalue weighted by Gasteiger charge is 2.28. The van der Waals surface area contributed by atoms with Gasteiger partial charge in [0.2, 0.25) is 0 Å². The first-order chi connectivity index (χ1) is 8.59. The molecule has 1 saturated carbocycles. The molecule has 1 aromatic carbocycles. The first-order valence-electron chi connectivity index (χ1n) is 5.42. The Bertz CT molecular complexity index is 640. The second kappa shape index (κ2) is 3.72. The van der Waals surface area contributed by atoms with Crippen molar-refractivity contribution in [3.63, 3.8) is 0 Å². The molecule has 2 aromatic rings. The number of anilines is 2. The van der Waals surface area contributed by atoms with Crippen LogP contribution < -0.4 is 11.1 Å². The van der Waals surface area contributed by atoms with Gasteiger partial charge in [-0.3, -0.25) is 0 Å². The molecular formula is C11H9F3N4. The number of benzene rings is 1. The fourth-order valence-electron chi connectivity index (χ4n) is 1.77. The maximum atomic E-state index is 14.1. The SMILES string of the molecule is Nc1ncnc2c(F)c(NC3CC3)c(F)c(F)c12. The molecule has 1 aromatic heterocycles. The van der Waals surface area contributed by atoms with E-state index in [2.05, 4.69) is 15.3 Å². The van der Waals surface area contributed by atoms with Crippen LogP contribution in [0.25, 0.3) is 10.9 Å². The van der Waals surface area contributed by atoms with E-state index < -0.39 is 28.5 Å². The van der Waals surface area contributed by atoms with Crippen LogP contribution in [-0.2, 0) is 0 Å². The van der Waals surface area contributed by atoms with Crippen LogP contribution in [0.5, 0.6) is 0 Å². The van der Waals surface area contributed by atoms with Crippen molar-refractivity contribution in [2.75, 3.05) is 11.1 Å². The quantitative estimate of drug-likeness (QED) is 0.806. The lowest BCUT2D eigenvalue weighted by atomic mass is 10.1. The van der Waals surface area contributed by atoms with Gasteiger partial charge in [-0.15, -0.1) is 0 Å². The molecule has 3 rings (SSSR count). The van der Waals surface area contributed by atoms with Crippen molar-refractivity contribution in [3.8, 4) is 0 Å². The highest BCUT2D eigenvalue weighted by Crippen LogP contribution is 2.34. The van der Waals surface area contributed by atoms with Crippen LogP contribution >= 0.6 is 0 Å². The van der Waals surface area contributed by atoms with Crippen molar-refractivity contribution in [3.05, 3.63) is 23.8 Å². The predicted octanol–water partition coefficient (Wildman–Crippen LogP) is 2.20. The number of aromatic nitrogens is 2. The molecule has 0 spiro atoms. The number of rotatable bonds is 2. The Morgan fingerprint density at radius 1 is 1.11 bits per heavy atom. The first-order valence-corrected chi connectivity index (χ1v) is 5.42. The van der Waals surface area contributed by atoms with Crippen LogP contribution in [0.1, 0.15) is 12.8 Å². The third kappa shape index (κ3) is 1.54. The Morgan fingerprint density at radius 2 is 1.83 bits per heavy atom. The van der Waals surface area contributed by atoms with E-state index in [4.69, 9.17) is 5.73 Å². The lowest BCUT2D eigenvalue weighted by Crippen LogP contribution is -2.09. The van der Waals surface area contributed by atoms with Crippen molar-refractivity contribution < 1.29 is 13.2 Å². The summed E-state index contributed by atoms with van der Waals surface area (Å²) in [5.41, 5.74) is 4.61. The third-order valence-corrected chi connectivity index (χ3v) is 2.86. The van der Waals surface area contributed by atoms with Gasteiger partial charge in [0.15, 0.2) is 17.5 Å². The molecular weight excluding hydrogens is 245 g/mol. The summed E-state index contributed by atoms with van der Waals surface area (Å²) in [6.07, 6.45) is 2.63. The van der Waals surface area contributed by atoms with Crippen LogP contribution in [0, 0.1) is 17.5 Å². The van der Waals surface area contributed by atoms with Crippen LogP contribution in [0.4, 0.5) is 24.7 Å². The fraction of sp³-hybridized carbons (Fsp3) is 0.273. The topological polar surface area (TPSA) is 63.8 Å². The molecule has 1 aliphatic rings. The molecule has 0 radical (unpaired) electrons. The molecule has 0 aliphatic heterocycles. The zero-order valence-electron chi connectivity index (χ0n) is 9.17. The number of fused-ring (bicyclic) bond motifs is 1. The van der Waals surface area contributed by atoms with E-state index in [-0.39, 0.29) is 17.4 Å². The van der Waals surface area contributed by atoms with E-state index in [0.717, 1.165) is 19.2 Å². The molecule has 1 fully saturated rings. The van der Waals surface area contributed by atoms with Crippen LogP contribution in [0.15, 0.2) is 6.33 Å². The molecule has 1 aliphatic carbocycles. The average molecular weight is 254 g/mol. The molecule has 0 bridgehead atoms. The van der Waals surface area contributed by atoms with Crippen LogP contribution in [-0.4, -0.2) is 16.0 Å². The van der Waals surface area contributed by atoms with E-state index >= 15 is 0 Å². The summed E-state index contributed by atoms with van der Waals surface area (Å²) in [5, 5.41) is 2.19. The Balaban J connectivity index is 2.31. The second-order valence-electron chi connectivity index (χ2n) is 4.22. The van der Waals surface area contributed by atoms with Crippen molar-refractivity contribution in [2.24, 2.45) is 0 Å². The van der Waals surface area contributed by atoms with Gasteiger partial charge in [0.05, 0.1) is 5.39 Å². The third-order valence-electron chi connectivity index (χ3n) is 2.86. The van der Waals surface area contributed by atoms with E-state index in [1.165, 1.54) is 0 Å². The van der Waals surface area contributed by atoms with Crippen molar-refractivity contribution in [2.45, 2.75) is 18.9 Å². The number of nitrogens with two attached hydrogens (primary N) is 1. The van der Waals surface area contributed by atoms with Gasteiger partial charge in [0, 0.05) is 6.04 Å². The highest BCUT2D eigenvalue weighted by molar-refractivity contribution is 5.91. The molecule has 18 heavy (non-hydrogen) atoms. The van der Waals surface area contributed by atoms with E-state index in [0.29, 0.717) is 0 Å². The normalized spacial score (nSPS) is 15.1. The minimum absolute atomic E-state index is 0.00923. The maximum absolute atomic E-state index is 14.1. The summed E-state index contributed by atoms with van der Waals surface area (Å²) in [6.45, 7) is 0. The standard InChI is InChI=1S/C11H9F3N4/c12-6-5-9(16-3-17-11(5)15)8(14)10(7(6)13)18-4-1-2-4/h3-4,18H,1-2H2,(H2,15,16,17). The van der Waals surface area contributed by atoms with Gasteiger partial charge < -0.3 is 11.1 Å². The summed E-state index contributed by atoms with van der Waals surface area (Å²) in [5.74, 6) is -3.74. The number of hydrogen-bond donors (Lipinski definition) is 2. The lowest BCUT2D eigenvalue weighted by Gasteiger charge is -2.11. The van der Waals surface area contributed by atoms with Crippen LogP contribution in [0.3, 0.4) is 0 Å². The first kappa shape index (κ1) is 11.1. The van der Waals surface area contributed by atoms with Gasteiger partial charge in [0.1, 0.15) is 23.3 Å².